The normalized spacial score (nSPS) is 18.6. The molecule has 0 saturated carbocycles. The van der Waals surface area contributed by atoms with Gasteiger partial charge in [0.05, 0.1) is 6.10 Å². The maximum absolute atomic E-state index is 9.44. The molecule has 1 fully saturated rings. The summed E-state index contributed by atoms with van der Waals surface area (Å²) in [6.07, 6.45) is 3.87. The van der Waals surface area contributed by atoms with Crippen molar-refractivity contribution in [2.24, 2.45) is 0 Å². The molecular formula is C11H16N2O. The number of aromatic nitrogens is 1. The average Bonchev–Trinajstić information content (AvgIpc) is 2.71. The van der Waals surface area contributed by atoms with Crippen LogP contribution in [-0.2, 0) is 0 Å². The van der Waals surface area contributed by atoms with Crippen LogP contribution < -0.4 is 4.90 Å². The molecule has 0 unspecified atom stereocenters. The lowest BCUT2D eigenvalue weighted by Gasteiger charge is -2.17. The molecule has 3 nitrogen and oxygen atoms in total. The molecule has 1 aromatic heterocycles. The molecule has 2 heterocycles. The number of anilines is 1. The topological polar surface area (TPSA) is 36.4 Å². The minimum absolute atomic E-state index is 0.403. The molecular weight excluding hydrogens is 176 g/mol. The van der Waals surface area contributed by atoms with Crippen molar-refractivity contribution in [3.8, 4) is 0 Å². The zero-order valence-corrected chi connectivity index (χ0v) is 8.48. The third kappa shape index (κ3) is 1.87. The lowest BCUT2D eigenvalue weighted by Crippen LogP contribution is -2.19. The highest BCUT2D eigenvalue weighted by Gasteiger charge is 2.14. The maximum Gasteiger partial charge on any atom is 0.128 e. The minimum Gasteiger partial charge on any atom is -0.389 e. The number of aliphatic hydroxyl groups is 1. The highest BCUT2D eigenvalue weighted by molar-refractivity contribution is 5.42. The zero-order valence-electron chi connectivity index (χ0n) is 8.48. The Labute approximate surface area is 84.4 Å². The Kier molecular flexibility index (Phi) is 2.68. The lowest BCUT2D eigenvalue weighted by molar-refractivity contribution is 0.199. The summed E-state index contributed by atoms with van der Waals surface area (Å²) < 4.78 is 0. The lowest BCUT2D eigenvalue weighted by atomic mass is 10.2. The van der Waals surface area contributed by atoms with E-state index >= 15 is 0 Å². The number of nitrogens with zero attached hydrogens (tertiary/aromatic N) is 2. The van der Waals surface area contributed by atoms with Gasteiger partial charge in [0.15, 0.2) is 0 Å². The molecule has 0 bridgehead atoms. The Bertz CT molecular complexity index is 306. The van der Waals surface area contributed by atoms with Gasteiger partial charge >= 0.3 is 0 Å². The van der Waals surface area contributed by atoms with Gasteiger partial charge in [0.25, 0.3) is 0 Å². The first-order valence-electron chi connectivity index (χ1n) is 5.16. The summed E-state index contributed by atoms with van der Waals surface area (Å²) in [5, 5.41) is 9.44. The molecule has 0 amide bonds. The van der Waals surface area contributed by atoms with Crippen molar-refractivity contribution in [3.63, 3.8) is 0 Å². The van der Waals surface area contributed by atoms with Gasteiger partial charge in [-0.15, -0.1) is 0 Å². The van der Waals surface area contributed by atoms with Crippen molar-refractivity contribution < 1.29 is 5.11 Å². The van der Waals surface area contributed by atoms with Gasteiger partial charge in [0, 0.05) is 19.3 Å². The Balaban J connectivity index is 2.21. The number of rotatable bonds is 2. The van der Waals surface area contributed by atoms with E-state index in [2.05, 4.69) is 9.88 Å². The predicted molar refractivity (Wildman–Crippen MR) is 56.3 cm³/mol. The summed E-state index contributed by atoms with van der Waals surface area (Å²) in [5.41, 5.74) is 0.946. The van der Waals surface area contributed by atoms with E-state index in [0.717, 1.165) is 24.5 Å². The Morgan fingerprint density at radius 3 is 2.79 bits per heavy atom. The minimum atomic E-state index is -0.403. The molecule has 1 aliphatic rings. The molecule has 14 heavy (non-hydrogen) atoms. The molecule has 1 atom stereocenters. The quantitative estimate of drug-likeness (QED) is 0.775. The van der Waals surface area contributed by atoms with E-state index in [9.17, 15) is 5.11 Å². The van der Waals surface area contributed by atoms with Crippen molar-refractivity contribution in [1.29, 1.82) is 0 Å². The van der Waals surface area contributed by atoms with Crippen LogP contribution in [0.4, 0.5) is 5.82 Å². The van der Waals surface area contributed by atoms with Crippen LogP contribution in [0.5, 0.6) is 0 Å². The Morgan fingerprint density at radius 2 is 2.14 bits per heavy atom. The molecule has 2 rings (SSSR count). The van der Waals surface area contributed by atoms with Crippen LogP contribution >= 0.6 is 0 Å². The number of hydrogen-bond donors (Lipinski definition) is 1. The zero-order chi connectivity index (χ0) is 9.97. The van der Waals surface area contributed by atoms with E-state index in [1.165, 1.54) is 12.8 Å². The molecule has 1 aliphatic heterocycles. The fourth-order valence-electron chi connectivity index (χ4n) is 1.81. The highest BCUT2D eigenvalue weighted by Crippen LogP contribution is 2.21. The Morgan fingerprint density at radius 1 is 1.43 bits per heavy atom. The van der Waals surface area contributed by atoms with Gasteiger partial charge in [-0.25, -0.2) is 4.98 Å². The van der Waals surface area contributed by atoms with Crippen molar-refractivity contribution in [2.75, 3.05) is 18.0 Å². The first-order chi connectivity index (χ1) is 6.77. The second-order valence-corrected chi connectivity index (χ2v) is 3.82. The second-order valence-electron chi connectivity index (χ2n) is 3.82. The molecule has 3 heteroatoms. The SMILES string of the molecule is C[C@@H](O)c1ccnc(N2CCCC2)c1. The molecule has 1 saturated heterocycles. The standard InChI is InChI=1S/C11H16N2O/c1-9(14)10-4-5-12-11(8-10)13-6-2-3-7-13/h4-5,8-9,14H,2-3,6-7H2,1H3/t9-/m1/s1. The van der Waals surface area contributed by atoms with Gasteiger partial charge in [-0.05, 0) is 37.5 Å². The smallest absolute Gasteiger partial charge is 0.128 e. The van der Waals surface area contributed by atoms with Gasteiger partial charge in [-0.3, -0.25) is 0 Å². The molecule has 1 aromatic rings. The van der Waals surface area contributed by atoms with Gasteiger partial charge < -0.3 is 10.0 Å². The van der Waals surface area contributed by atoms with Crippen LogP contribution in [0.1, 0.15) is 31.4 Å². The monoisotopic (exact) mass is 192 g/mol. The van der Waals surface area contributed by atoms with Crippen LogP contribution in [0.3, 0.4) is 0 Å². The van der Waals surface area contributed by atoms with Crippen LogP contribution in [0, 0.1) is 0 Å². The van der Waals surface area contributed by atoms with E-state index in [1.54, 1.807) is 13.1 Å². The fourth-order valence-corrected chi connectivity index (χ4v) is 1.81. The summed E-state index contributed by atoms with van der Waals surface area (Å²) >= 11 is 0. The summed E-state index contributed by atoms with van der Waals surface area (Å²) in [5.74, 6) is 1.00. The summed E-state index contributed by atoms with van der Waals surface area (Å²) in [6.45, 7) is 3.97. The molecule has 0 aromatic carbocycles. The third-order valence-electron chi connectivity index (χ3n) is 2.68. The van der Waals surface area contributed by atoms with E-state index in [1.807, 2.05) is 12.1 Å². The van der Waals surface area contributed by atoms with Crippen molar-refractivity contribution >= 4 is 5.82 Å². The predicted octanol–water partition coefficient (Wildman–Crippen LogP) is 1.74. The van der Waals surface area contributed by atoms with Crippen LogP contribution in [-0.4, -0.2) is 23.2 Å². The first-order valence-corrected chi connectivity index (χ1v) is 5.16. The van der Waals surface area contributed by atoms with E-state index in [-0.39, 0.29) is 0 Å². The Hall–Kier alpha value is -1.09. The van der Waals surface area contributed by atoms with E-state index in [0.29, 0.717) is 0 Å². The van der Waals surface area contributed by atoms with Crippen molar-refractivity contribution in [1.82, 2.24) is 4.98 Å². The highest BCUT2D eigenvalue weighted by atomic mass is 16.3. The fraction of sp³-hybridized carbons (Fsp3) is 0.545. The maximum atomic E-state index is 9.44. The van der Waals surface area contributed by atoms with Gasteiger partial charge in [-0.2, -0.15) is 0 Å². The van der Waals surface area contributed by atoms with Crippen molar-refractivity contribution in [2.45, 2.75) is 25.9 Å². The summed E-state index contributed by atoms with van der Waals surface area (Å²) in [6, 6.07) is 3.85. The molecule has 0 aliphatic carbocycles. The molecule has 1 N–H and O–H groups in total. The third-order valence-corrected chi connectivity index (χ3v) is 2.68. The average molecular weight is 192 g/mol. The molecule has 0 radical (unpaired) electrons. The van der Waals surface area contributed by atoms with Gasteiger partial charge in [0.2, 0.25) is 0 Å². The van der Waals surface area contributed by atoms with Crippen LogP contribution in [0.2, 0.25) is 0 Å². The molecule has 0 spiro atoms. The summed E-state index contributed by atoms with van der Waals surface area (Å²) in [4.78, 5) is 6.59. The number of aliphatic hydroxyl groups excluding tert-OH is 1. The summed E-state index contributed by atoms with van der Waals surface area (Å²) in [7, 11) is 0. The van der Waals surface area contributed by atoms with E-state index < -0.39 is 6.10 Å². The van der Waals surface area contributed by atoms with Gasteiger partial charge in [0.1, 0.15) is 5.82 Å². The number of hydrogen-bond acceptors (Lipinski definition) is 3. The van der Waals surface area contributed by atoms with E-state index in [4.69, 9.17) is 0 Å². The van der Waals surface area contributed by atoms with Crippen molar-refractivity contribution in [3.05, 3.63) is 23.9 Å². The first kappa shape index (κ1) is 9.46. The largest absolute Gasteiger partial charge is 0.389 e. The second kappa shape index (κ2) is 3.96. The van der Waals surface area contributed by atoms with Gasteiger partial charge in [-0.1, -0.05) is 0 Å². The number of pyridine rings is 1. The van der Waals surface area contributed by atoms with Crippen LogP contribution in [0.25, 0.3) is 0 Å². The molecule has 76 valence electrons. The van der Waals surface area contributed by atoms with Crippen LogP contribution in [0.15, 0.2) is 18.3 Å².